The third-order valence-corrected chi connectivity index (χ3v) is 2.87. The zero-order valence-electron chi connectivity index (χ0n) is 8.29. The highest BCUT2D eigenvalue weighted by Crippen LogP contribution is 2.32. The molecule has 1 N–H and O–H groups in total. The van der Waals surface area contributed by atoms with Crippen LogP contribution in [0.4, 0.5) is 0 Å². The first-order chi connectivity index (χ1) is 6.06. The SMILES string of the molecule is CCC1(C)CCN(/C=C/C(=O)O)C1. The summed E-state index contributed by atoms with van der Waals surface area (Å²) in [4.78, 5) is 12.4. The fourth-order valence-corrected chi connectivity index (χ4v) is 1.65. The van der Waals surface area contributed by atoms with E-state index in [-0.39, 0.29) is 0 Å². The minimum absolute atomic E-state index is 0.378. The summed E-state index contributed by atoms with van der Waals surface area (Å²) < 4.78 is 0. The molecule has 1 fully saturated rings. The Bertz CT molecular complexity index is 225. The first-order valence-electron chi connectivity index (χ1n) is 4.71. The molecule has 1 unspecified atom stereocenters. The minimum Gasteiger partial charge on any atom is -0.478 e. The molecule has 0 bridgehead atoms. The number of hydrogen-bond acceptors (Lipinski definition) is 2. The Morgan fingerprint density at radius 1 is 1.69 bits per heavy atom. The molecular formula is C10H17NO2. The zero-order valence-corrected chi connectivity index (χ0v) is 8.29. The van der Waals surface area contributed by atoms with Crippen LogP contribution in [-0.2, 0) is 4.79 Å². The predicted octanol–water partition coefficient (Wildman–Crippen LogP) is 1.71. The van der Waals surface area contributed by atoms with Crippen molar-refractivity contribution in [2.75, 3.05) is 13.1 Å². The lowest BCUT2D eigenvalue weighted by atomic mass is 9.87. The van der Waals surface area contributed by atoms with Gasteiger partial charge in [-0.15, -0.1) is 0 Å². The van der Waals surface area contributed by atoms with E-state index in [1.807, 2.05) is 0 Å². The monoisotopic (exact) mass is 183 g/mol. The summed E-state index contributed by atoms with van der Waals surface area (Å²) in [5.74, 6) is -0.870. The van der Waals surface area contributed by atoms with Gasteiger partial charge in [0.1, 0.15) is 0 Å². The maximum atomic E-state index is 10.3. The van der Waals surface area contributed by atoms with E-state index in [1.54, 1.807) is 6.20 Å². The Balaban J connectivity index is 2.46. The van der Waals surface area contributed by atoms with Gasteiger partial charge in [0.2, 0.25) is 0 Å². The number of carbonyl (C=O) groups is 1. The number of hydrogen-bond donors (Lipinski definition) is 1. The van der Waals surface area contributed by atoms with Gasteiger partial charge in [-0.1, -0.05) is 13.8 Å². The molecular weight excluding hydrogens is 166 g/mol. The molecule has 0 radical (unpaired) electrons. The first-order valence-corrected chi connectivity index (χ1v) is 4.71. The molecule has 74 valence electrons. The van der Waals surface area contributed by atoms with Crippen LogP contribution in [0.25, 0.3) is 0 Å². The highest BCUT2D eigenvalue weighted by atomic mass is 16.4. The van der Waals surface area contributed by atoms with E-state index >= 15 is 0 Å². The molecule has 1 aliphatic heterocycles. The number of carboxylic acid groups (broad SMARTS) is 1. The summed E-state index contributed by atoms with van der Waals surface area (Å²) in [5, 5.41) is 8.45. The molecule has 1 saturated heterocycles. The van der Waals surface area contributed by atoms with Crippen molar-refractivity contribution in [1.82, 2.24) is 4.90 Å². The van der Waals surface area contributed by atoms with Gasteiger partial charge < -0.3 is 10.0 Å². The van der Waals surface area contributed by atoms with Crippen LogP contribution in [-0.4, -0.2) is 29.1 Å². The van der Waals surface area contributed by atoms with E-state index in [0.29, 0.717) is 5.41 Å². The molecule has 0 spiro atoms. The van der Waals surface area contributed by atoms with Gasteiger partial charge in [0.25, 0.3) is 0 Å². The third kappa shape index (κ3) is 2.76. The maximum absolute atomic E-state index is 10.3. The smallest absolute Gasteiger partial charge is 0.329 e. The molecule has 1 atom stereocenters. The third-order valence-electron chi connectivity index (χ3n) is 2.87. The van der Waals surface area contributed by atoms with E-state index in [1.165, 1.54) is 6.08 Å². The number of aliphatic carboxylic acids is 1. The lowest BCUT2D eigenvalue weighted by molar-refractivity contribution is -0.131. The lowest BCUT2D eigenvalue weighted by Gasteiger charge is -2.21. The summed E-state index contributed by atoms with van der Waals surface area (Å²) in [6.45, 7) is 6.40. The molecule has 1 heterocycles. The summed E-state index contributed by atoms with van der Waals surface area (Å²) in [7, 11) is 0. The van der Waals surface area contributed by atoms with Crippen molar-refractivity contribution in [3.05, 3.63) is 12.3 Å². The minimum atomic E-state index is -0.870. The first kappa shape index (κ1) is 10.1. The molecule has 3 heteroatoms. The van der Waals surface area contributed by atoms with Gasteiger partial charge >= 0.3 is 5.97 Å². The second-order valence-electron chi connectivity index (χ2n) is 4.04. The van der Waals surface area contributed by atoms with Crippen molar-refractivity contribution < 1.29 is 9.90 Å². The van der Waals surface area contributed by atoms with Crippen LogP contribution in [0, 0.1) is 5.41 Å². The molecule has 1 rings (SSSR count). The normalized spacial score (nSPS) is 28.6. The van der Waals surface area contributed by atoms with Crippen molar-refractivity contribution in [2.45, 2.75) is 26.7 Å². The highest BCUT2D eigenvalue weighted by molar-refractivity contribution is 5.79. The quantitative estimate of drug-likeness (QED) is 0.677. The number of rotatable bonds is 3. The van der Waals surface area contributed by atoms with E-state index < -0.39 is 5.97 Å². The molecule has 0 saturated carbocycles. The van der Waals surface area contributed by atoms with Crippen molar-refractivity contribution >= 4 is 5.97 Å². The van der Waals surface area contributed by atoms with Gasteiger partial charge in [0.15, 0.2) is 0 Å². The Hall–Kier alpha value is -0.990. The van der Waals surface area contributed by atoms with Gasteiger partial charge in [0, 0.05) is 25.4 Å². The van der Waals surface area contributed by atoms with Crippen molar-refractivity contribution in [3.8, 4) is 0 Å². The average molecular weight is 183 g/mol. The maximum Gasteiger partial charge on any atom is 0.329 e. The van der Waals surface area contributed by atoms with Gasteiger partial charge in [-0.2, -0.15) is 0 Å². The molecule has 0 aromatic rings. The Labute approximate surface area is 79.0 Å². The molecule has 13 heavy (non-hydrogen) atoms. The van der Waals surface area contributed by atoms with E-state index in [4.69, 9.17) is 5.11 Å². The second-order valence-corrected chi connectivity index (χ2v) is 4.04. The largest absolute Gasteiger partial charge is 0.478 e. The van der Waals surface area contributed by atoms with E-state index in [0.717, 1.165) is 25.9 Å². The van der Waals surface area contributed by atoms with Crippen LogP contribution in [0.15, 0.2) is 12.3 Å². The second kappa shape index (κ2) is 3.81. The Kier molecular flexibility index (Phi) is 2.96. The Morgan fingerprint density at radius 2 is 2.38 bits per heavy atom. The molecule has 0 aromatic carbocycles. The predicted molar refractivity (Wildman–Crippen MR) is 51.4 cm³/mol. The van der Waals surface area contributed by atoms with Crippen molar-refractivity contribution in [3.63, 3.8) is 0 Å². The fourth-order valence-electron chi connectivity index (χ4n) is 1.65. The van der Waals surface area contributed by atoms with Crippen molar-refractivity contribution in [1.29, 1.82) is 0 Å². The van der Waals surface area contributed by atoms with Crippen LogP contribution in [0.2, 0.25) is 0 Å². The van der Waals surface area contributed by atoms with E-state index in [9.17, 15) is 4.79 Å². The summed E-state index contributed by atoms with van der Waals surface area (Å²) in [6, 6.07) is 0. The van der Waals surface area contributed by atoms with Gasteiger partial charge in [-0.25, -0.2) is 4.79 Å². The zero-order chi connectivity index (χ0) is 9.90. The van der Waals surface area contributed by atoms with E-state index in [2.05, 4.69) is 18.7 Å². The summed E-state index contributed by atoms with van der Waals surface area (Å²) in [5.41, 5.74) is 0.378. The molecule has 0 amide bonds. The Morgan fingerprint density at radius 3 is 2.85 bits per heavy atom. The van der Waals surface area contributed by atoms with Crippen LogP contribution in [0.5, 0.6) is 0 Å². The van der Waals surface area contributed by atoms with Gasteiger partial charge in [0.05, 0.1) is 0 Å². The topological polar surface area (TPSA) is 40.5 Å². The van der Waals surface area contributed by atoms with Crippen LogP contribution >= 0.6 is 0 Å². The molecule has 0 aromatic heterocycles. The summed E-state index contributed by atoms with van der Waals surface area (Å²) >= 11 is 0. The molecule has 0 aliphatic carbocycles. The number of nitrogens with zero attached hydrogens (tertiary/aromatic N) is 1. The fraction of sp³-hybridized carbons (Fsp3) is 0.700. The van der Waals surface area contributed by atoms with Crippen LogP contribution in [0.1, 0.15) is 26.7 Å². The van der Waals surface area contributed by atoms with Gasteiger partial charge in [-0.05, 0) is 18.3 Å². The summed E-state index contributed by atoms with van der Waals surface area (Å²) in [6.07, 6.45) is 5.21. The van der Waals surface area contributed by atoms with Crippen LogP contribution < -0.4 is 0 Å². The standard InChI is InChI=1S/C10H17NO2/c1-3-10(2)5-7-11(8-10)6-4-9(12)13/h4,6H,3,5,7-8H2,1-2H3,(H,12,13)/b6-4+. The van der Waals surface area contributed by atoms with Gasteiger partial charge in [-0.3, -0.25) is 0 Å². The van der Waals surface area contributed by atoms with Crippen LogP contribution in [0.3, 0.4) is 0 Å². The average Bonchev–Trinajstić information content (AvgIpc) is 2.45. The lowest BCUT2D eigenvalue weighted by Crippen LogP contribution is -2.20. The number of carboxylic acids is 1. The molecule has 1 aliphatic rings. The highest BCUT2D eigenvalue weighted by Gasteiger charge is 2.30. The van der Waals surface area contributed by atoms with Crippen molar-refractivity contribution in [2.24, 2.45) is 5.41 Å². The molecule has 3 nitrogen and oxygen atoms in total. The number of likely N-dealkylation sites (tertiary alicyclic amines) is 1.